The summed E-state index contributed by atoms with van der Waals surface area (Å²) < 4.78 is 0. The smallest absolute Gasteiger partial charge is 0.243 e. The van der Waals surface area contributed by atoms with Gasteiger partial charge in [-0.3, -0.25) is 4.79 Å². The second-order valence-electron chi connectivity index (χ2n) is 4.19. The van der Waals surface area contributed by atoms with E-state index in [-0.39, 0.29) is 12.3 Å². The second kappa shape index (κ2) is 5.74. The first-order valence-corrected chi connectivity index (χ1v) is 6.27. The number of hydrogen-bond acceptors (Lipinski definition) is 3. The number of rotatable bonds is 2. The van der Waals surface area contributed by atoms with Crippen LogP contribution in [0.5, 0.6) is 0 Å². The van der Waals surface area contributed by atoms with E-state index >= 15 is 0 Å². The van der Waals surface area contributed by atoms with Crippen LogP contribution in [-0.4, -0.2) is 25.0 Å². The Kier molecular flexibility index (Phi) is 4.06. The minimum Gasteiger partial charge on any atom is -0.359 e. The van der Waals surface area contributed by atoms with Crippen molar-refractivity contribution in [3.8, 4) is 6.07 Å². The summed E-state index contributed by atoms with van der Waals surface area (Å²) in [6.45, 7) is 1.41. The van der Waals surface area contributed by atoms with Crippen LogP contribution in [0, 0.1) is 11.3 Å². The lowest BCUT2D eigenvalue weighted by Gasteiger charge is -2.28. The van der Waals surface area contributed by atoms with Gasteiger partial charge in [-0.2, -0.15) is 5.26 Å². The van der Waals surface area contributed by atoms with Crippen LogP contribution in [0.15, 0.2) is 24.3 Å². The third-order valence-electron chi connectivity index (χ3n) is 3.00. The summed E-state index contributed by atoms with van der Waals surface area (Å²) in [7, 11) is 0. The number of benzene rings is 1. The van der Waals surface area contributed by atoms with E-state index in [1.807, 2.05) is 17.0 Å². The Bertz CT molecular complexity index is 466. The zero-order valence-electron chi connectivity index (χ0n) is 9.90. The molecule has 94 valence electrons. The maximum atomic E-state index is 11.9. The van der Waals surface area contributed by atoms with Crippen molar-refractivity contribution in [2.24, 2.45) is 0 Å². The standard InChI is InChI=1S/C13H14ClN3O/c14-10-2-4-11(5-3-10)17-9-1-8-16-13(18)12(17)6-7-15/h2-5,12H,1,6,8-9H2,(H,16,18). The molecule has 0 spiro atoms. The molecule has 1 aromatic rings. The summed E-state index contributed by atoms with van der Waals surface area (Å²) in [4.78, 5) is 13.9. The van der Waals surface area contributed by atoms with Gasteiger partial charge in [0.15, 0.2) is 0 Å². The number of nitriles is 1. The highest BCUT2D eigenvalue weighted by Gasteiger charge is 2.27. The number of carbonyl (C=O) groups excluding carboxylic acids is 1. The number of nitrogens with one attached hydrogen (secondary N) is 1. The molecule has 0 aromatic heterocycles. The Morgan fingerprint density at radius 1 is 1.44 bits per heavy atom. The lowest BCUT2D eigenvalue weighted by Crippen LogP contribution is -2.44. The average molecular weight is 264 g/mol. The van der Waals surface area contributed by atoms with Crippen molar-refractivity contribution >= 4 is 23.2 Å². The lowest BCUT2D eigenvalue weighted by molar-refractivity contribution is -0.121. The van der Waals surface area contributed by atoms with Crippen molar-refractivity contribution in [1.82, 2.24) is 5.32 Å². The highest BCUT2D eigenvalue weighted by molar-refractivity contribution is 6.30. The summed E-state index contributed by atoms with van der Waals surface area (Å²) in [5.41, 5.74) is 0.928. The normalized spacial score (nSPS) is 19.9. The average Bonchev–Trinajstić information content (AvgIpc) is 2.54. The Labute approximate surface area is 111 Å². The molecule has 0 saturated carbocycles. The van der Waals surface area contributed by atoms with Gasteiger partial charge in [0, 0.05) is 23.8 Å². The minimum atomic E-state index is -0.418. The van der Waals surface area contributed by atoms with Crippen LogP contribution in [-0.2, 0) is 4.79 Å². The van der Waals surface area contributed by atoms with E-state index in [0.29, 0.717) is 11.6 Å². The summed E-state index contributed by atoms with van der Waals surface area (Å²) in [6, 6.07) is 9.01. The van der Waals surface area contributed by atoms with E-state index < -0.39 is 6.04 Å². The van der Waals surface area contributed by atoms with Gasteiger partial charge in [0.1, 0.15) is 6.04 Å². The molecule has 4 nitrogen and oxygen atoms in total. The first-order valence-electron chi connectivity index (χ1n) is 5.89. The summed E-state index contributed by atoms with van der Waals surface area (Å²) in [5, 5.41) is 12.4. The largest absolute Gasteiger partial charge is 0.359 e. The van der Waals surface area contributed by atoms with Crippen molar-refractivity contribution in [1.29, 1.82) is 5.26 Å². The van der Waals surface area contributed by atoms with Crippen LogP contribution in [0.2, 0.25) is 5.02 Å². The Balaban J connectivity index is 2.29. The van der Waals surface area contributed by atoms with Gasteiger partial charge in [-0.1, -0.05) is 11.6 Å². The number of hydrogen-bond donors (Lipinski definition) is 1. The monoisotopic (exact) mass is 263 g/mol. The predicted octanol–water partition coefficient (Wildman–Crippen LogP) is 1.95. The van der Waals surface area contributed by atoms with E-state index in [9.17, 15) is 4.79 Å². The quantitative estimate of drug-likeness (QED) is 0.887. The number of halogens is 1. The topological polar surface area (TPSA) is 56.1 Å². The van der Waals surface area contributed by atoms with Crippen molar-refractivity contribution in [3.05, 3.63) is 29.3 Å². The zero-order chi connectivity index (χ0) is 13.0. The van der Waals surface area contributed by atoms with Crippen LogP contribution in [0.3, 0.4) is 0 Å². The molecule has 1 amide bonds. The molecule has 1 fully saturated rings. The molecule has 0 aliphatic carbocycles. The van der Waals surface area contributed by atoms with E-state index in [2.05, 4.69) is 11.4 Å². The van der Waals surface area contributed by atoms with Gasteiger partial charge < -0.3 is 10.2 Å². The molecular weight excluding hydrogens is 250 g/mol. The molecule has 5 heteroatoms. The molecule has 0 bridgehead atoms. The molecule has 1 N–H and O–H groups in total. The van der Waals surface area contributed by atoms with Crippen LogP contribution in [0.25, 0.3) is 0 Å². The lowest BCUT2D eigenvalue weighted by atomic mass is 10.1. The second-order valence-corrected chi connectivity index (χ2v) is 4.63. The van der Waals surface area contributed by atoms with Gasteiger partial charge in [0.25, 0.3) is 0 Å². The Morgan fingerprint density at radius 3 is 2.83 bits per heavy atom. The molecule has 1 aromatic carbocycles. The third-order valence-corrected chi connectivity index (χ3v) is 3.25. The van der Waals surface area contributed by atoms with E-state index in [1.165, 1.54) is 0 Å². The molecule has 1 saturated heterocycles. The van der Waals surface area contributed by atoms with E-state index in [1.54, 1.807) is 12.1 Å². The molecule has 1 aliphatic heterocycles. The van der Waals surface area contributed by atoms with Gasteiger partial charge in [0.05, 0.1) is 12.5 Å². The predicted molar refractivity (Wildman–Crippen MR) is 70.4 cm³/mol. The van der Waals surface area contributed by atoms with Crippen molar-refractivity contribution in [2.75, 3.05) is 18.0 Å². The van der Waals surface area contributed by atoms with Crippen molar-refractivity contribution in [3.63, 3.8) is 0 Å². The summed E-state index contributed by atoms with van der Waals surface area (Å²) in [6.07, 6.45) is 1.06. The van der Waals surface area contributed by atoms with Gasteiger partial charge in [-0.05, 0) is 30.7 Å². The van der Waals surface area contributed by atoms with E-state index in [0.717, 1.165) is 18.7 Å². The van der Waals surface area contributed by atoms with Gasteiger partial charge >= 0.3 is 0 Å². The first kappa shape index (κ1) is 12.7. The zero-order valence-corrected chi connectivity index (χ0v) is 10.7. The minimum absolute atomic E-state index is 0.0796. The Morgan fingerprint density at radius 2 is 2.17 bits per heavy atom. The fourth-order valence-corrected chi connectivity index (χ4v) is 2.23. The fourth-order valence-electron chi connectivity index (χ4n) is 2.11. The highest BCUT2D eigenvalue weighted by atomic mass is 35.5. The molecular formula is C13H14ClN3O. The first-order chi connectivity index (χ1) is 8.72. The van der Waals surface area contributed by atoms with Gasteiger partial charge in [-0.25, -0.2) is 0 Å². The molecule has 2 rings (SSSR count). The van der Waals surface area contributed by atoms with Crippen LogP contribution in [0.4, 0.5) is 5.69 Å². The number of anilines is 1. The van der Waals surface area contributed by atoms with Gasteiger partial charge in [0.2, 0.25) is 5.91 Å². The van der Waals surface area contributed by atoms with E-state index in [4.69, 9.17) is 16.9 Å². The number of carbonyl (C=O) groups is 1. The summed E-state index contributed by atoms with van der Waals surface area (Å²) in [5.74, 6) is -0.0796. The van der Waals surface area contributed by atoms with Crippen LogP contribution >= 0.6 is 11.6 Å². The van der Waals surface area contributed by atoms with Crippen molar-refractivity contribution in [2.45, 2.75) is 18.9 Å². The third kappa shape index (κ3) is 2.74. The maximum absolute atomic E-state index is 11.9. The van der Waals surface area contributed by atoms with Crippen LogP contribution < -0.4 is 10.2 Å². The Hall–Kier alpha value is -1.73. The molecule has 18 heavy (non-hydrogen) atoms. The van der Waals surface area contributed by atoms with Crippen LogP contribution in [0.1, 0.15) is 12.8 Å². The molecule has 0 radical (unpaired) electrons. The summed E-state index contributed by atoms with van der Waals surface area (Å²) >= 11 is 5.86. The van der Waals surface area contributed by atoms with Gasteiger partial charge in [-0.15, -0.1) is 0 Å². The molecule has 1 heterocycles. The highest BCUT2D eigenvalue weighted by Crippen LogP contribution is 2.22. The molecule has 1 atom stereocenters. The molecule has 1 unspecified atom stereocenters. The number of amides is 1. The SMILES string of the molecule is N#CCC1C(=O)NCCCN1c1ccc(Cl)cc1. The molecule has 1 aliphatic rings. The fraction of sp³-hybridized carbons (Fsp3) is 0.385. The number of nitrogens with zero attached hydrogens (tertiary/aromatic N) is 2. The van der Waals surface area contributed by atoms with Crippen molar-refractivity contribution < 1.29 is 4.79 Å². The maximum Gasteiger partial charge on any atom is 0.243 e.